The molecule has 0 saturated carbocycles. The van der Waals surface area contributed by atoms with Crippen molar-refractivity contribution in [2.75, 3.05) is 19.7 Å². The highest BCUT2D eigenvalue weighted by molar-refractivity contribution is 5.78. The van der Waals surface area contributed by atoms with Gasteiger partial charge in [-0.25, -0.2) is 14.2 Å². The second-order valence-electron chi connectivity index (χ2n) is 7.59. The number of carboxylic acid groups (broad SMARTS) is 1. The summed E-state index contributed by atoms with van der Waals surface area (Å²) in [6.45, 7) is 1.55. The molecule has 2 aromatic heterocycles. The molecule has 1 N–H and O–H groups in total. The second-order valence-corrected chi connectivity index (χ2v) is 7.59. The Bertz CT molecular complexity index is 976. The number of hydrogen-bond donors (Lipinski definition) is 1. The molecule has 12 heteroatoms. The van der Waals surface area contributed by atoms with Gasteiger partial charge >= 0.3 is 12.1 Å². The zero-order valence-corrected chi connectivity index (χ0v) is 17.3. The van der Waals surface area contributed by atoms with Crippen molar-refractivity contribution < 1.29 is 41.7 Å². The molecule has 178 valence electrons. The maximum absolute atomic E-state index is 13.7. The molecule has 0 bridgehead atoms. The van der Waals surface area contributed by atoms with E-state index in [1.165, 1.54) is 18.3 Å². The minimum atomic E-state index is -5.08. The van der Waals surface area contributed by atoms with Gasteiger partial charge in [-0.2, -0.15) is 13.2 Å². The number of nitrogens with zero attached hydrogens (tertiary/aromatic N) is 3. The predicted molar refractivity (Wildman–Crippen MR) is 105 cm³/mol. The minimum absolute atomic E-state index is 0.000712. The summed E-state index contributed by atoms with van der Waals surface area (Å²) in [6, 6.07) is 8.40. The number of ether oxygens (including phenoxy) is 2. The highest BCUT2D eigenvalue weighted by atomic mass is 19.4. The lowest BCUT2D eigenvalue weighted by molar-refractivity contribution is -0.192. The summed E-state index contributed by atoms with van der Waals surface area (Å²) in [5, 5.41) is 7.12. The van der Waals surface area contributed by atoms with Gasteiger partial charge in [0.05, 0.1) is 18.6 Å². The monoisotopic (exact) mass is 471 g/mol. The molecule has 0 unspecified atom stereocenters. The number of aliphatic carboxylic acids is 1. The fourth-order valence-electron chi connectivity index (χ4n) is 3.61. The Labute approximate surface area is 186 Å². The van der Waals surface area contributed by atoms with Crippen LogP contribution in [0, 0.1) is 5.82 Å². The van der Waals surface area contributed by atoms with Gasteiger partial charge in [0.15, 0.2) is 5.82 Å². The highest BCUT2D eigenvalue weighted by Gasteiger charge is 2.47. The van der Waals surface area contributed by atoms with Gasteiger partial charge in [0, 0.05) is 37.6 Å². The summed E-state index contributed by atoms with van der Waals surface area (Å²) >= 11 is 0. The number of pyridine rings is 2. The first-order valence-electron chi connectivity index (χ1n) is 9.97. The zero-order valence-electron chi connectivity index (χ0n) is 17.3. The van der Waals surface area contributed by atoms with Gasteiger partial charge in [0.1, 0.15) is 6.10 Å². The Morgan fingerprint density at radius 2 is 1.94 bits per heavy atom. The van der Waals surface area contributed by atoms with Gasteiger partial charge in [-0.05, 0) is 30.7 Å². The van der Waals surface area contributed by atoms with Crippen LogP contribution in [-0.4, -0.2) is 69.4 Å². The van der Waals surface area contributed by atoms with E-state index in [-0.39, 0.29) is 24.3 Å². The molecule has 4 heterocycles. The molecular formula is C21H21F4N3O5. The van der Waals surface area contributed by atoms with Crippen LogP contribution in [0.3, 0.4) is 0 Å². The number of halogens is 4. The van der Waals surface area contributed by atoms with E-state index in [0.717, 1.165) is 12.1 Å². The average Bonchev–Trinajstić information content (AvgIpc) is 3.37. The van der Waals surface area contributed by atoms with Crippen LogP contribution < -0.4 is 4.74 Å². The van der Waals surface area contributed by atoms with Crippen molar-refractivity contribution in [3.63, 3.8) is 0 Å². The van der Waals surface area contributed by atoms with Crippen LogP contribution in [0.5, 0.6) is 5.88 Å². The lowest BCUT2D eigenvalue weighted by atomic mass is 9.98. The van der Waals surface area contributed by atoms with E-state index in [1.54, 1.807) is 6.20 Å². The topological polar surface area (TPSA) is 102 Å². The van der Waals surface area contributed by atoms with Gasteiger partial charge < -0.3 is 19.5 Å². The van der Waals surface area contributed by atoms with E-state index in [9.17, 15) is 22.4 Å². The van der Waals surface area contributed by atoms with Gasteiger partial charge in [0.25, 0.3) is 5.88 Å². The van der Waals surface area contributed by atoms with Crippen LogP contribution in [0.25, 0.3) is 0 Å². The van der Waals surface area contributed by atoms with Gasteiger partial charge in [0.2, 0.25) is 5.91 Å². The number of alkyl halides is 3. The van der Waals surface area contributed by atoms with Crippen molar-refractivity contribution in [2.45, 2.75) is 37.1 Å². The quantitative estimate of drug-likeness (QED) is 0.684. The summed E-state index contributed by atoms with van der Waals surface area (Å²) in [6.07, 6.45) is -0.493. The van der Waals surface area contributed by atoms with E-state index < -0.39 is 23.6 Å². The van der Waals surface area contributed by atoms with Crippen LogP contribution in [0.4, 0.5) is 17.6 Å². The van der Waals surface area contributed by atoms with E-state index in [0.29, 0.717) is 26.1 Å². The SMILES string of the molecule is O=C(Cc1ccccn1)N1CC[C@]2(C[C@@H](Oc3ncccc3F)CO2)C1.O=C(O)C(F)(F)F. The maximum Gasteiger partial charge on any atom is 0.490 e. The number of hydrogen-bond acceptors (Lipinski definition) is 6. The number of carboxylic acids is 1. The molecule has 2 aliphatic heterocycles. The molecule has 4 rings (SSSR count). The Balaban J connectivity index is 0.000000383. The molecule has 8 nitrogen and oxygen atoms in total. The first-order valence-corrected chi connectivity index (χ1v) is 9.97. The van der Waals surface area contributed by atoms with Crippen molar-refractivity contribution in [3.8, 4) is 5.88 Å². The molecule has 0 aliphatic carbocycles. The Kier molecular flexibility index (Phi) is 7.46. The zero-order chi connectivity index (χ0) is 24.1. The highest BCUT2D eigenvalue weighted by Crippen LogP contribution is 2.36. The molecule has 1 amide bonds. The van der Waals surface area contributed by atoms with E-state index in [2.05, 4.69) is 9.97 Å². The summed E-state index contributed by atoms with van der Waals surface area (Å²) in [7, 11) is 0. The van der Waals surface area contributed by atoms with Crippen molar-refractivity contribution in [3.05, 3.63) is 54.2 Å². The summed E-state index contributed by atoms with van der Waals surface area (Å²) < 4.78 is 57.1. The molecule has 2 atom stereocenters. The Morgan fingerprint density at radius 1 is 1.21 bits per heavy atom. The summed E-state index contributed by atoms with van der Waals surface area (Å²) in [5.74, 6) is -3.19. The number of likely N-dealkylation sites (tertiary alicyclic amines) is 1. The Hall–Kier alpha value is -3.28. The van der Waals surface area contributed by atoms with Crippen LogP contribution in [0.1, 0.15) is 18.5 Å². The van der Waals surface area contributed by atoms with E-state index >= 15 is 0 Å². The predicted octanol–water partition coefficient (Wildman–Crippen LogP) is 2.63. The van der Waals surface area contributed by atoms with Crippen LogP contribution in [-0.2, 0) is 20.7 Å². The third-order valence-corrected chi connectivity index (χ3v) is 5.15. The number of aromatic nitrogens is 2. The maximum atomic E-state index is 13.7. The standard InChI is InChI=1S/C19H20FN3O3.C2HF3O2/c20-16-5-3-8-22-18(16)26-15-11-19(25-12-15)6-9-23(13-19)17(24)10-14-4-1-2-7-21-14;3-2(4,5)1(6)7/h1-5,7-8,15H,6,9-13H2;(H,6,7)/t15-,19+;/m1./s1. The normalized spacial score (nSPS) is 22.1. The smallest absolute Gasteiger partial charge is 0.475 e. The number of carbonyl (C=O) groups is 2. The molecule has 1 spiro atoms. The van der Waals surface area contributed by atoms with Gasteiger partial charge in [-0.3, -0.25) is 9.78 Å². The first-order chi connectivity index (χ1) is 15.6. The molecule has 0 aromatic carbocycles. The third-order valence-electron chi connectivity index (χ3n) is 5.15. The number of rotatable bonds is 4. The number of amides is 1. The van der Waals surface area contributed by atoms with Crippen LogP contribution in [0.2, 0.25) is 0 Å². The van der Waals surface area contributed by atoms with Crippen LogP contribution >= 0.6 is 0 Å². The lowest BCUT2D eigenvalue weighted by Gasteiger charge is -2.23. The summed E-state index contributed by atoms with van der Waals surface area (Å²) in [4.78, 5) is 31.4. The summed E-state index contributed by atoms with van der Waals surface area (Å²) in [5.41, 5.74) is 0.355. The average molecular weight is 471 g/mol. The van der Waals surface area contributed by atoms with Crippen molar-refractivity contribution in [1.29, 1.82) is 0 Å². The van der Waals surface area contributed by atoms with E-state index in [1.807, 2.05) is 23.1 Å². The first kappa shape index (κ1) is 24.4. The van der Waals surface area contributed by atoms with Crippen molar-refractivity contribution in [2.24, 2.45) is 0 Å². The van der Waals surface area contributed by atoms with Crippen molar-refractivity contribution >= 4 is 11.9 Å². The van der Waals surface area contributed by atoms with Crippen molar-refractivity contribution in [1.82, 2.24) is 14.9 Å². The largest absolute Gasteiger partial charge is 0.490 e. The van der Waals surface area contributed by atoms with Crippen LogP contribution in [0.15, 0.2) is 42.7 Å². The fourth-order valence-corrected chi connectivity index (χ4v) is 3.61. The molecule has 0 radical (unpaired) electrons. The molecule has 2 aromatic rings. The minimum Gasteiger partial charge on any atom is -0.475 e. The van der Waals surface area contributed by atoms with Gasteiger partial charge in [-0.1, -0.05) is 6.07 Å². The molecule has 2 saturated heterocycles. The molecule has 2 aliphatic rings. The second kappa shape index (κ2) is 10.1. The third kappa shape index (κ3) is 6.60. The lowest BCUT2D eigenvalue weighted by Crippen LogP contribution is -2.37. The molecule has 2 fully saturated rings. The Morgan fingerprint density at radius 3 is 2.58 bits per heavy atom. The molecular weight excluding hydrogens is 450 g/mol. The molecule has 33 heavy (non-hydrogen) atoms. The fraction of sp³-hybridized carbons (Fsp3) is 0.429. The van der Waals surface area contributed by atoms with E-state index in [4.69, 9.17) is 19.4 Å². The van der Waals surface area contributed by atoms with Gasteiger partial charge in [-0.15, -0.1) is 0 Å². The number of carbonyl (C=O) groups excluding carboxylic acids is 1.